The van der Waals surface area contributed by atoms with Gasteiger partial charge in [0.1, 0.15) is 0 Å². The molecule has 2 aromatic rings. The summed E-state index contributed by atoms with van der Waals surface area (Å²) >= 11 is 0. The molecule has 2 rings (SSSR count). The number of fused-ring (bicyclic) bond motifs is 1. The van der Waals surface area contributed by atoms with E-state index in [9.17, 15) is 0 Å². The molecule has 1 aromatic heterocycles. The van der Waals surface area contributed by atoms with Crippen molar-refractivity contribution in [3.8, 4) is 0 Å². The van der Waals surface area contributed by atoms with Crippen LogP contribution >= 0.6 is 0 Å². The second-order valence-corrected chi connectivity index (χ2v) is 3.47. The first-order valence-corrected chi connectivity index (χ1v) is 4.80. The van der Waals surface area contributed by atoms with Gasteiger partial charge in [-0.3, -0.25) is 0 Å². The van der Waals surface area contributed by atoms with Crippen LogP contribution in [0, 0.1) is 13.8 Å². The molecule has 0 N–H and O–H groups in total. The van der Waals surface area contributed by atoms with Gasteiger partial charge in [-0.15, -0.1) is 0 Å². The second kappa shape index (κ2) is 2.91. The van der Waals surface area contributed by atoms with E-state index >= 15 is 0 Å². The molecule has 0 unspecified atom stereocenters. The lowest BCUT2D eigenvalue weighted by atomic mass is 10.2. The SMILES string of the molecule is CCn1c(C)c(C)c2ccccc21. The minimum atomic E-state index is 1.06. The zero-order valence-corrected chi connectivity index (χ0v) is 8.46. The fourth-order valence-electron chi connectivity index (χ4n) is 2.01. The largest absolute Gasteiger partial charge is 0.345 e. The molecule has 1 heteroatoms. The predicted molar refractivity (Wildman–Crippen MR) is 57.1 cm³/mol. The summed E-state index contributed by atoms with van der Waals surface area (Å²) < 4.78 is 2.37. The van der Waals surface area contributed by atoms with Gasteiger partial charge in [-0.2, -0.15) is 0 Å². The lowest BCUT2D eigenvalue weighted by molar-refractivity contribution is 0.766. The Bertz CT molecular complexity index is 438. The van der Waals surface area contributed by atoms with Crippen LogP contribution in [0.1, 0.15) is 18.2 Å². The van der Waals surface area contributed by atoms with Gasteiger partial charge in [0.05, 0.1) is 0 Å². The van der Waals surface area contributed by atoms with Crippen molar-refractivity contribution in [3.63, 3.8) is 0 Å². The van der Waals surface area contributed by atoms with E-state index in [0.717, 1.165) is 6.54 Å². The summed E-state index contributed by atoms with van der Waals surface area (Å²) in [4.78, 5) is 0. The molecule has 68 valence electrons. The second-order valence-electron chi connectivity index (χ2n) is 3.47. The van der Waals surface area contributed by atoms with E-state index in [1.54, 1.807) is 0 Å². The third-order valence-electron chi connectivity index (χ3n) is 2.86. The number of aryl methyl sites for hydroxylation is 2. The van der Waals surface area contributed by atoms with Gasteiger partial charge in [-0.1, -0.05) is 18.2 Å². The third-order valence-corrected chi connectivity index (χ3v) is 2.86. The van der Waals surface area contributed by atoms with Gasteiger partial charge in [0.25, 0.3) is 0 Å². The molecule has 0 atom stereocenters. The van der Waals surface area contributed by atoms with Crippen LogP contribution in [0.15, 0.2) is 24.3 Å². The van der Waals surface area contributed by atoms with Gasteiger partial charge in [0.15, 0.2) is 0 Å². The number of nitrogens with zero attached hydrogens (tertiary/aromatic N) is 1. The van der Waals surface area contributed by atoms with Crippen molar-refractivity contribution >= 4 is 10.9 Å². The molecule has 0 saturated carbocycles. The Hall–Kier alpha value is -1.24. The zero-order chi connectivity index (χ0) is 9.42. The number of benzene rings is 1. The van der Waals surface area contributed by atoms with E-state index in [0.29, 0.717) is 0 Å². The molecule has 0 aliphatic heterocycles. The molecule has 0 fully saturated rings. The van der Waals surface area contributed by atoms with E-state index < -0.39 is 0 Å². The van der Waals surface area contributed by atoms with Gasteiger partial charge >= 0.3 is 0 Å². The van der Waals surface area contributed by atoms with Crippen LogP contribution < -0.4 is 0 Å². The van der Waals surface area contributed by atoms with Crippen LogP contribution in [-0.4, -0.2) is 4.57 Å². The molecule has 0 aliphatic rings. The average molecular weight is 173 g/mol. The van der Waals surface area contributed by atoms with Crippen molar-refractivity contribution in [3.05, 3.63) is 35.5 Å². The van der Waals surface area contributed by atoms with Crippen LogP contribution in [0.25, 0.3) is 10.9 Å². The highest BCUT2D eigenvalue weighted by Gasteiger charge is 2.07. The van der Waals surface area contributed by atoms with Gasteiger partial charge in [0, 0.05) is 23.1 Å². The number of rotatable bonds is 1. The molecule has 0 bridgehead atoms. The highest BCUT2D eigenvalue weighted by atomic mass is 15.0. The Morgan fingerprint density at radius 3 is 2.54 bits per heavy atom. The number of aromatic nitrogens is 1. The molecule has 0 spiro atoms. The first-order chi connectivity index (χ1) is 6.25. The normalized spacial score (nSPS) is 11.0. The molecule has 1 aromatic carbocycles. The summed E-state index contributed by atoms with van der Waals surface area (Å²) in [6.45, 7) is 7.64. The maximum absolute atomic E-state index is 2.37. The highest BCUT2D eigenvalue weighted by Crippen LogP contribution is 2.24. The molecule has 1 nitrogen and oxygen atoms in total. The monoisotopic (exact) mass is 173 g/mol. The molecular formula is C12H15N. The van der Waals surface area contributed by atoms with Gasteiger partial charge in [-0.05, 0) is 32.4 Å². The van der Waals surface area contributed by atoms with Crippen LogP contribution in [0.3, 0.4) is 0 Å². The summed E-state index contributed by atoms with van der Waals surface area (Å²) in [7, 11) is 0. The van der Waals surface area contributed by atoms with Crippen LogP contribution in [-0.2, 0) is 6.54 Å². The van der Waals surface area contributed by atoms with Gasteiger partial charge in [-0.25, -0.2) is 0 Å². The van der Waals surface area contributed by atoms with Crippen molar-refractivity contribution < 1.29 is 0 Å². The first kappa shape index (κ1) is 8.36. The summed E-state index contributed by atoms with van der Waals surface area (Å²) in [6, 6.07) is 8.60. The Balaban J connectivity index is 2.90. The number of hydrogen-bond acceptors (Lipinski definition) is 0. The number of hydrogen-bond donors (Lipinski definition) is 0. The quantitative estimate of drug-likeness (QED) is 0.623. The Morgan fingerprint density at radius 1 is 1.15 bits per heavy atom. The molecule has 1 heterocycles. The predicted octanol–water partition coefficient (Wildman–Crippen LogP) is 3.28. The van der Waals surface area contributed by atoms with Crippen molar-refractivity contribution in [1.29, 1.82) is 0 Å². The number of para-hydroxylation sites is 1. The minimum absolute atomic E-state index is 1.06. The highest BCUT2D eigenvalue weighted by molar-refractivity contribution is 5.85. The van der Waals surface area contributed by atoms with Crippen LogP contribution in [0.5, 0.6) is 0 Å². The fourth-order valence-corrected chi connectivity index (χ4v) is 2.01. The zero-order valence-electron chi connectivity index (χ0n) is 8.46. The van der Waals surface area contributed by atoms with Gasteiger partial charge < -0.3 is 4.57 Å². The van der Waals surface area contributed by atoms with Gasteiger partial charge in [0.2, 0.25) is 0 Å². The molecular weight excluding hydrogens is 158 g/mol. The topological polar surface area (TPSA) is 4.93 Å². The minimum Gasteiger partial charge on any atom is -0.345 e. The van der Waals surface area contributed by atoms with Crippen molar-refractivity contribution in [1.82, 2.24) is 4.57 Å². The smallest absolute Gasteiger partial charge is 0.0485 e. The lowest BCUT2D eigenvalue weighted by Gasteiger charge is -2.02. The Kier molecular flexibility index (Phi) is 1.87. The van der Waals surface area contributed by atoms with Crippen LogP contribution in [0.4, 0.5) is 0 Å². The first-order valence-electron chi connectivity index (χ1n) is 4.80. The van der Waals surface area contributed by atoms with Crippen molar-refractivity contribution in [2.24, 2.45) is 0 Å². The summed E-state index contributed by atoms with van der Waals surface area (Å²) in [6.07, 6.45) is 0. The molecule has 13 heavy (non-hydrogen) atoms. The third kappa shape index (κ3) is 1.07. The maximum atomic E-state index is 2.37. The Labute approximate surface area is 79.0 Å². The molecule has 0 aliphatic carbocycles. The summed E-state index contributed by atoms with van der Waals surface area (Å²) in [5.41, 5.74) is 4.17. The van der Waals surface area contributed by atoms with Crippen molar-refractivity contribution in [2.75, 3.05) is 0 Å². The molecule has 0 amide bonds. The summed E-state index contributed by atoms with van der Waals surface area (Å²) in [5.74, 6) is 0. The maximum Gasteiger partial charge on any atom is 0.0485 e. The van der Waals surface area contributed by atoms with E-state index in [4.69, 9.17) is 0 Å². The Morgan fingerprint density at radius 2 is 1.85 bits per heavy atom. The standard InChI is InChI=1S/C12H15N/c1-4-13-10(3)9(2)11-7-5-6-8-12(11)13/h5-8H,4H2,1-3H3. The van der Waals surface area contributed by atoms with Crippen molar-refractivity contribution in [2.45, 2.75) is 27.3 Å². The fraction of sp³-hybridized carbons (Fsp3) is 0.333. The average Bonchev–Trinajstić information content (AvgIpc) is 2.41. The lowest BCUT2D eigenvalue weighted by Crippen LogP contribution is -1.95. The van der Waals surface area contributed by atoms with E-state index in [2.05, 4.69) is 49.6 Å². The van der Waals surface area contributed by atoms with E-state index in [-0.39, 0.29) is 0 Å². The van der Waals surface area contributed by atoms with E-state index in [1.807, 2.05) is 0 Å². The summed E-state index contributed by atoms with van der Waals surface area (Å²) in [5, 5.41) is 1.39. The van der Waals surface area contributed by atoms with E-state index in [1.165, 1.54) is 22.2 Å². The molecule has 0 saturated heterocycles. The van der Waals surface area contributed by atoms with Crippen LogP contribution in [0.2, 0.25) is 0 Å². The molecule has 0 radical (unpaired) electrons.